The molecule has 0 amide bonds. The third-order valence-electron chi connectivity index (χ3n) is 6.01. The van der Waals surface area contributed by atoms with Gasteiger partial charge in [-0.05, 0) is 41.9 Å². The second-order valence-corrected chi connectivity index (χ2v) is 8.00. The molecule has 0 bridgehead atoms. The summed E-state index contributed by atoms with van der Waals surface area (Å²) >= 11 is 0. The number of hydrogen-bond donors (Lipinski definition) is 0. The van der Waals surface area contributed by atoms with E-state index in [1.165, 1.54) is 44.9 Å². The average Bonchev–Trinajstić information content (AvgIpc) is 3.33. The molecule has 1 aliphatic carbocycles. The van der Waals surface area contributed by atoms with Crippen LogP contribution in [0.4, 0.5) is 0 Å². The summed E-state index contributed by atoms with van der Waals surface area (Å²) in [4.78, 5) is 0. The Morgan fingerprint density at radius 2 is 1.14 bits per heavy atom. The van der Waals surface area contributed by atoms with Crippen LogP contribution >= 0.6 is 0 Å². The van der Waals surface area contributed by atoms with Crippen molar-refractivity contribution in [2.45, 2.75) is 100 Å². The molecule has 0 aromatic carbocycles. The van der Waals surface area contributed by atoms with Crippen LogP contribution in [0.3, 0.4) is 0 Å². The molecule has 0 nitrogen and oxygen atoms in total. The first-order valence-electron chi connectivity index (χ1n) is 9.88. The number of hydrogen-bond acceptors (Lipinski definition) is 0. The molecular weight excluding hydrogens is 252 g/mol. The first-order valence-corrected chi connectivity index (χ1v) is 9.88. The van der Waals surface area contributed by atoms with Crippen LogP contribution in [0.1, 0.15) is 100 Å². The van der Waals surface area contributed by atoms with E-state index in [1.54, 1.807) is 0 Å². The van der Waals surface area contributed by atoms with Crippen LogP contribution in [-0.4, -0.2) is 0 Å². The Morgan fingerprint density at radius 1 is 0.667 bits per heavy atom. The van der Waals surface area contributed by atoms with Crippen molar-refractivity contribution in [3.05, 3.63) is 0 Å². The molecule has 0 radical (unpaired) electrons. The maximum Gasteiger partial charge on any atom is -0.0355 e. The van der Waals surface area contributed by atoms with Crippen LogP contribution in [0.5, 0.6) is 0 Å². The maximum atomic E-state index is 2.50. The largest absolute Gasteiger partial charge is 0.0651 e. The summed E-state index contributed by atoms with van der Waals surface area (Å²) in [6.45, 7) is 19.3. The molecule has 0 heteroatoms. The smallest absolute Gasteiger partial charge is 0.0355 e. The highest BCUT2D eigenvalue weighted by Crippen LogP contribution is 2.38. The molecule has 21 heavy (non-hydrogen) atoms. The summed E-state index contributed by atoms with van der Waals surface area (Å²) in [5.74, 6) is 5.28. The fraction of sp³-hybridized carbons (Fsp3) is 1.00. The summed E-state index contributed by atoms with van der Waals surface area (Å²) in [6.07, 6.45) is 9.96. The summed E-state index contributed by atoms with van der Waals surface area (Å²) in [7, 11) is 0. The van der Waals surface area contributed by atoms with Crippen molar-refractivity contribution in [2.24, 2.45) is 35.5 Å². The van der Waals surface area contributed by atoms with E-state index in [4.69, 9.17) is 0 Å². The van der Waals surface area contributed by atoms with Crippen LogP contribution in [0, 0.1) is 35.5 Å². The third-order valence-corrected chi connectivity index (χ3v) is 6.01. The van der Waals surface area contributed by atoms with E-state index in [-0.39, 0.29) is 0 Å². The van der Waals surface area contributed by atoms with Gasteiger partial charge < -0.3 is 0 Å². The molecule has 128 valence electrons. The predicted molar refractivity (Wildman–Crippen MR) is 98.7 cm³/mol. The van der Waals surface area contributed by atoms with E-state index < -0.39 is 0 Å². The number of rotatable bonds is 9. The second kappa shape index (κ2) is 11.6. The monoisotopic (exact) mass is 296 g/mol. The van der Waals surface area contributed by atoms with E-state index in [9.17, 15) is 0 Å². The van der Waals surface area contributed by atoms with Crippen molar-refractivity contribution in [3.63, 3.8) is 0 Å². The summed E-state index contributed by atoms with van der Waals surface area (Å²) in [5.41, 5.74) is 0. The zero-order chi connectivity index (χ0) is 16.4. The minimum Gasteiger partial charge on any atom is -0.0651 e. The summed E-state index contributed by atoms with van der Waals surface area (Å²) < 4.78 is 0. The highest BCUT2D eigenvalue weighted by molar-refractivity contribution is 4.79. The molecule has 0 spiro atoms. The molecule has 1 saturated carbocycles. The van der Waals surface area contributed by atoms with Crippen molar-refractivity contribution < 1.29 is 0 Å². The maximum absolute atomic E-state index is 2.50. The van der Waals surface area contributed by atoms with E-state index >= 15 is 0 Å². The first-order chi connectivity index (χ1) is 9.88. The molecule has 0 N–H and O–H groups in total. The normalized spacial score (nSPS) is 19.7. The lowest BCUT2D eigenvalue weighted by Gasteiger charge is -2.36. The third kappa shape index (κ3) is 8.89. The van der Waals surface area contributed by atoms with Gasteiger partial charge in [0, 0.05) is 0 Å². The van der Waals surface area contributed by atoms with E-state index in [0.29, 0.717) is 0 Å². The Hall–Kier alpha value is 0. The summed E-state index contributed by atoms with van der Waals surface area (Å²) in [5, 5.41) is 0. The Morgan fingerprint density at radius 3 is 1.43 bits per heavy atom. The van der Waals surface area contributed by atoms with Crippen LogP contribution in [-0.2, 0) is 0 Å². The lowest BCUT2D eigenvalue weighted by Crippen LogP contribution is -2.28. The zero-order valence-corrected chi connectivity index (χ0v) is 16.4. The predicted octanol–water partition coefficient (Wildman–Crippen LogP) is 7.57. The molecule has 1 fully saturated rings. The first kappa shape index (κ1) is 21.0. The second-order valence-electron chi connectivity index (χ2n) is 8.00. The average molecular weight is 297 g/mol. The Balaban J connectivity index is 0.00000117. The van der Waals surface area contributed by atoms with Gasteiger partial charge >= 0.3 is 0 Å². The minimum absolute atomic E-state index is 0.825. The van der Waals surface area contributed by atoms with E-state index in [1.807, 2.05) is 0 Å². The standard InChI is InChI=1S/C18H38.C3H6/c1-9-14(6)16(8)18(17(10-2)11-3)12-15(7)13(4)5;1-2-3-1/h13-18H,9-12H2,1-8H3;1-3H2. The van der Waals surface area contributed by atoms with Gasteiger partial charge in [-0.15, -0.1) is 0 Å². The molecule has 4 unspecified atom stereocenters. The van der Waals surface area contributed by atoms with Gasteiger partial charge in [-0.25, -0.2) is 0 Å². The fourth-order valence-electron chi connectivity index (χ4n) is 3.23. The molecule has 4 atom stereocenters. The van der Waals surface area contributed by atoms with Gasteiger partial charge in [-0.1, -0.05) is 93.9 Å². The minimum atomic E-state index is 0.825. The van der Waals surface area contributed by atoms with Crippen molar-refractivity contribution in [2.75, 3.05) is 0 Å². The van der Waals surface area contributed by atoms with Crippen molar-refractivity contribution in [1.82, 2.24) is 0 Å². The Kier molecular flexibility index (Phi) is 11.6. The van der Waals surface area contributed by atoms with Crippen LogP contribution in [0.15, 0.2) is 0 Å². The van der Waals surface area contributed by atoms with Crippen molar-refractivity contribution in [1.29, 1.82) is 0 Å². The quantitative estimate of drug-likeness (QED) is 0.411. The van der Waals surface area contributed by atoms with Crippen molar-refractivity contribution >= 4 is 0 Å². The lowest BCUT2D eigenvalue weighted by molar-refractivity contribution is 0.132. The molecule has 0 aliphatic heterocycles. The van der Waals surface area contributed by atoms with E-state index in [0.717, 1.165) is 35.5 Å². The van der Waals surface area contributed by atoms with Gasteiger partial charge in [0.15, 0.2) is 0 Å². The van der Waals surface area contributed by atoms with Gasteiger partial charge in [0.1, 0.15) is 0 Å². The highest BCUT2D eigenvalue weighted by atomic mass is 14.3. The highest BCUT2D eigenvalue weighted by Gasteiger charge is 2.29. The molecule has 0 aromatic heterocycles. The van der Waals surface area contributed by atoms with Gasteiger partial charge in [0.25, 0.3) is 0 Å². The molecular formula is C21H44. The van der Waals surface area contributed by atoms with Crippen LogP contribution in [0.2, 0.25) is 0 Å². The van der Waals surface area contributed by atoms with Gasteiger partial charge in [0.2, 0.25) is 0 Å². The van der Waals surface area contributed by atoms with E-state index in [2.05, 4.69) is 55.4 Å². The van der Waals surface area contributed by atoms with Gasteiger partial charge in [0.05, 0.1) is 0 Å². The topological polar surface area (TPSA) is 0 Å². The van der Waals surface area contributed by atoms with Crippen molar-refractivity contribution in [3.8, 4) is 0 Å². The van der Waals surface area contributed by atoms with Gasteiger partial charge in [-0.3, -0.25) is 0 Å². The molecule has 1 aliphatic rings. The Labute approximate surface area is 136 Å². The zero-order valence-electron chi connectivity index (χ0n) is 16.4. The molecule has 1 rings (SSSR count). The van der Waals surface area contributed by atoms with Crippen LogP contribution < -0.4 is 0 Å². The fourth-order valence-corrected chi connectivity index (χ4v) is 3.23. The molecule has 0 saturated heterocycles. The van der Waals surface area contributed by atoms with Crippen LogP contribution in [0.25, 0.3) is 0 Å². The Bertz CT molecular complexity index is 221. The lowest BCUT2D eigenvalue weighted by atomic mass is 9.69. The van der Waals surface area contributed by atoms with Gasteiger partial charge in [-0.2, -0.15) is 0 Å². The molecule has 0 heterocycles. The summed E-state index contributed by atoms with van der Waals surface area (Å²) in [6, 6.07) is 0. The SMILES string of the molecule is C1CC1.CCC(C)C(C)C(CC(C)C(C)C)C(CC)CC. The molecule has 0 aromatic rings.